The third-order valence-corrected chi connectivity index (χ3v) is 1.99. The van der Waals surface area contributed by atoms with Gasteiger partial charge in [0.15, 0.2) is 0 Å². The van der Waals surface area contributed by atoms with Gasteiger partial charge in [0.2, 0.25) is 5.91 Å². The van der Waals surface area contributed by atoms with Gasteiger partial charge in [-0.2, -0.15) is 0 Å². The van der Waals surface area contributed by atoms with Crippen LogP contribution in [0.2, 0.25) is 0 Å². The number of amides is 1. The summed E-state index contributed by atoms with van der Waals surface area (Å²) in [6.07, 6.45) is 0. The van der Waals surface area contributed by atoms with E-state index in [1.807, 2.05) is 30.3 Å². The van der Waals surface area contributed by atoms with Gasteiger partial charge in [0.1, 0.15) is 11.3 Å². The molecular weight excluding hydrogens is 178 g/mol. The largest absolute Gasteiger partial charge is 0.459 e. The molecule has 0 aliphatic carbocycles. The van der Waals surface area contributed by atoms with E-state index in [1.165, 1.54) is 6.92 Å². The third kappa shape index (κ3) is 1.76. The van der Waals surface area contributed by atoms with E-state index in [2.05, 4.69) is 5.32 Å². The molecule has 1 amide bonds. The Morgan fingerprint density at radius 1 is 1.43 bits per heavy atom. The molecule has 0 aliphatic rings. The van der Waals surface area contributed by atoms with E-state index < -0.39 is 0 Å². The summed E-state index contributed by atoms with van der Waals surface area (Å²) in [6, 6.07) is 9.71. The molecule has 0 saturated carbocycles. The summed E-state index contributed by atoms with van der Waals surface area (Å²) in [5.74, 6) is 0.729. The van der Waals surface area contributed by atoms with Gasteiger partial charge in [-0.3, -0.25) is 4.79 Å². The first-order valence-electron chi connectivity index (χ1n) is 4.47. The first-order chi connectivity index (χ1) is 6.75. The van der Waals surface area contributed by atoms with E-state index in [1.54, 1.807) is 0 Å². The Kier molecular flexibility index (Phi) is 2.23. The number of benzene rings is 1. The number of fused-ring (bicyclic) bond motifs is 1. The monoisotopic (exact) mass is 189 g/mol. The van der Waals surface area contributed by atoms with Crippen molar-refractivity contribution in [2.45, 2.75) is 13.5 Å². The van der Waals surface area contributed by atoms with E-state index in [-0.39, 0.29) is 5.91 Å². The first kappa shape index (κ1) is 8.81. The average molecular weight is 189 g/mol. The first-order valence-corrected chi connectivity index (χ1v) is 4.47. The Morgan fingerprint density at radius 2 is 2.21 bits per heavy atom. The predicted molar refractivity (Wildman–Crippen MR) is 53.7 cm³/mol. The van der Waals surface area contributed by atoms with Crippen LogP contribution in [-0.4, -0.2) is 5.91 Å². The van der Waals surface area contributed by atoms with E-state index in [4.69, 9.17) is 4.42 Å². The number of rotatable bonds is 2. The van der Waals surface area contributed by atoms with Crippen LogP contribution in [0.5, 0.6) is 0 Å². The Hall–Kier alpha value is -1.77. The van der Waals surface area contributed by atoms with E-state index in [0.29, 0.717) is 6.54 Å². The second-order valence-electron chi connectivity index (χ2n) is 3.16. The molecule has 0 radical (unpaired) electrons. The Bertz CT molecular complexity index is 426. The van der Waals surface area contributed by atoms with Crippen LogP contribution in [0.4, 0.5) is 0 Å². The van der Waals surface area contributed by atoms with Crippen molar-refractivity contribution in [1.29, 1.82) is 0 Å². The van der Waals surface area contributed by atoms with Gasteiger partial charge in [0.05, 0.1) is 6.54 Å². The maximum atomic E-state index is 10.7. The van der Waals surface area contributed by atoms with Gasteiger partial charge in [-0.1, -0.05) is 18.2 Å². The fourth-order valence-electron chi connectivity index (χ4n) is 1.34. The number of hydrogen-bond acceptors (Lipinski definition) is 2. The molecular formula is C11H11NO2. The molecule has 1 heterocycles. The lowest BCUT2D eigenvalue weighted by Crippen LogP contribution is -2.18. The van der Waals surface area contributed by atoms with Crippen molar-refractivity contribution in [2.24, 2.45) is 0 Å². The normalized spacial score (nSPS) is 10.4. The lowest BCUT2D eigenvalue weighted by molar-refractivity contribution is -0.119. The smallest absolute Gasteiger partial charge is 0.217 e. The summed E-state index contributed by atoms with van der Waals surface area (Å²) < 4.78 is 5.50. The lowest BCUT2D eigenvalue weighted by Gasteiger charge is -1.95. The van der Waals surface area contributed by atoms with Gasteiger partial charge in [-0.15, -0.1) is 0 Å². The maximum Gasteiger partial charge on any atom is 0.217 e. The second-order valence-corrected chi connectivity index (χ2v) is 3.16. The van der Waals surface area contributed by atoms with Crippen molar-refractivity contribution in [3.8, 4) is 0 Å². The molecule has 3 heteroatoms. The summed E-state index contributed by atoms with van der Waals surface area (Å²) in [4.78, 5) is 10.7. The van der Waals surface area contributed by atoms with Crippen LogP contribution in [-0.2, 0) is 11.3 Å². The molecule has 0 fully saturated rings. The highest BCUT2D eigenvalue weighted by atomic mass is 16.3. The standard InChI is InChI=1S/C11H11NO2/c1-8(13)12-7-10-6-9-4-2-3-5-11(9)14-10/h2-6H,7H2,1H3,(H,12,13). The van der Waals surface area contributed by atoms with Crippen molar-refractivity contribution < 1.29 is 9.21 Å². The van der Waals surface area contributed by atoms with Crippen molar-refractivity contribution in [1.82, 2.24) is 5.32 Å². The Morgan fingerprint density at radius 3 is 2.93 bits per heavy atom. The summed E-state index contributed by atoms with van der Waals surface area (Å²) >= 11 is 0. The van der Waals surface area contributed by atoms with Gasteiger partial charge >= 0.3 is 0 Å². The zero-order chi connectivity index (χ0) is 9.97. The summed E-state index contributed by atoms with van der Waals surface area (Å²) in [5, 5.41) is 3.75. The minimum absolute atomic E-state index is 0.0505. The highest BCUT2D eigenvalue weighted by molar-refractivity contribution is 5.78. The number of furan rings is 1. The van der Waals surface area contributed by atoms with E-state index in [9.17, 15) is 4.79 Å². The fourth-order valence-corrected chi connectivity index (χ4v) is 1.34. The van der Waals surface area contributed by atoms with Crippen LogP contribution in [0, 0.1) is 0 Å². The topological polar surface area (TPSA) is 42.2 Å². The molecule has 1 aromatic carbocycles. The van der Waals surface area contributed by atoms with Gasteiger partial charge in [-0.05, 0) is 12.1 Å². The second kappa shape index (κ2) is 3.54. The molecule has 1 aromatic heterocycles. The summed E-state index contributed by atoms with van der Waals surface area (Å²) in [5.41, 5.74) is 0.854. The SMILES string of the molecule is CC(=O)NCc1cc2ccccc2o1. The van der Waals surface area contributed by atoms with Crippen molar-refractivity contribution in [3.05, 3.63) is 36.1 Å². The molecule has 0 unspecified atom stereocenters. The van der Waals surface area contributed by atoms with Gasteiger partial charge in [-0.25, -0.2) is 0 Å². The molecule has 0 spiro atoms. The Balaban J connectivity index is 2.22. The molecule has 72 valence electrons. The minimum Gasteiger partial charge on any atom is -0.459 e. The molecule has 2 aromatic rings. The average Bonchev–Trinajstić information content (AvgIpc) is 2.57. The molecule has 0 atom stereocenters. The maximum absolute atomic E-state index is 10.7. The predicted octanol–water partition coefficient (Wildman–Crippen LogP) is 2.07. The van der Waals surface area contributed by atoms with Crippen molar-refractivity contribution >= 4 is 16.9 Å². The van der Waals surface area contributed by atoms with E-state index in [0.717, 1.165) is 16.7 Å². The van der Waals surface area contributed by atoms with Crippen molar-refractivity contribution in [3.63, 3.8) is 0 Å². The molecule has 2 rings (SSSR count). The van der Waals surface area contributed by atoms with Crippen LogP contribution in [0.15, 0.2) is 34.7 Å². The zero-order valence-corrected chi connectivity index (χ0v) is 7.91. The molecule has 3 nitrogen and oxygen atoms in total. The van der Waals surface area contributed by atoms with Gasteiger partial charge < -0.3 is 9.73 Å². The molecule has 0 saturated heterocycles. The summed E-state index contributed by atoms with van der Waals surface area (Å²) in [6.45, 7) is 1.94. The van der Waals surface area contributed by atoms with Crippen LogP contribution in [0.25, 0.3) is 11.0 Å². The van der Waals surface area contributed by atoms with Crippen LogP contribution >= 0.6 is 0 Å². The number of carbonyl (C=O) groups is 1. The quantitative estimate of drug-likeness (QED) is 0.785. The number of hydrogen-bond donors (Lipinski definition) is 1. The van der Waals surface area contributed by atoms with Crippen molar-refractivity contribution in [2.75, 3.05) is 0 Å². The highest BCUT2D eigenvalue weighted by Crippen LogP contribution is 2.18. The van der Waals surface area contributed by atoms with Gasteiger partial charge in [0.25, 0.3) is 0 Å². The van der Waals surface area contributed by atoms with Gasteiger partial charge in [0, 0.05) is 12.3 Å². The fraction of sp³-hybridized carbons (Fsp3) is 0.182. The third-order valence-electron chi connectivity index (χ3n) is 1.99. The van der Waals surface area contributed by atoms with E-state index >= 15 is 0 Å². The number of para-hydroxylation sites is 1. The minimum atomic E-state index is -0.0505. The van der Waals surface area contributed by atoms with Crippen LogP contribution in [0.1, 0.15) is 12.7 Å². The Labute approximate surface area is 81.7 Å². The zero-order valence-electron chi connectivity index (χ0n) is 7.91. The highest BCUT2D eigenvalue weighted by Gasteiger charge is 2.02. The molecule has 1 N–H and O–H groups in total. The number of nitrogens with one attached hydrogen (secondary N) is 1. The number of carbonyl (C=O) groups excluding carboxylic acids is 1. The lowest BCUT2D eigenvalue weighted by atomic mass is 10.2. The van der Waals surface area contributed by atoms with Crippen LogP contribution in [0.3, 0.4) is 0 Å². The molecule has 14 heavy (non-hydrogen) atoms. The van der Waals surface area contributed by atoms with Crippen LogP contribution < -0.4 is 5.32 Å². The molecule has 0 bridgehead atoms. The summed E-state index contributed by atoms with van der Waals surface area (Å²) in [7, 11) is 0. The molecule has 0 aliphatic heterocycles.